The molecule has 1 rings (SSSR count). The first kappa shape index (κ1) is 10.5. The van der Waals surface area contributed by atoms with Crippen molar-refractivity contribution in [1.82, 2.24) is 0 Å². The highest BCUT2D eigenvalue weighted by molar-refractivity contribution is 6.43. The van der Waals surface area contributed by atoms with E-state index in [1.165, 1.54) is 18.0 Å². The van der Waals surface area contributed by atoms with Crippen LogP contribution in [-0.2, 0) is 0 Å². The molecule has 1 aromatic carbocycles. The second kappa shape index (κ2) is 6.93. The molecule has 0 aliphatic carbocycles. The van der Waals surface area contributed by atoms with Crippen molar-refractivity contribution >= 4 is 27.2 Å². The Morgan fingerprint density at radius 2 is 2.00 bits per heavy atom. The Morgan fingerprint density at radius 1 is 1.23 bits per heavy atom. The summed E-state index contributed by atoms with van der Waals surface area (Å²) in [5.41, 5.74) is 3.66. The van der Waals surface area contributed by atoms with Crippen molar-refractivity contribution < 1.29 is 0 Å². The number of halogens is 1. The standard InChI is InChI=1S/C11H15ClSi/c12-8-4-9-13-10-7-11-5-2-1-3-6-11/h1-3,5-7,10H,4,8-9,13H2. The molecule has 0 unspecified atom stereocenters. The zero-order chi connectivity index (χ0) is 9.36. The number of rotatable bonds is 5. The Bertz CT molecular complexity index is 244. The van der Waals surface area contributed by atoms with Gasteiger partial charge in [0, 0.05) is 15.4 Å². The lowest BCUT2D eigenvalue weighted by atomic mass is 10.2. The molecule has 0 saturated heterocycles. The van der Waals surface area contributed by atoms with Gasteiger partial charge in [-0.3, -0.25) is 0 Å². The van der Waals surface area contributed by atoms with Crippen molar-refractivity contribution in [2.75, 3.05) is 5.88 Å². The zero-order valence-corrected chi connectivity index (χ0v) is 9.92. The molecule has 0 N–H and O–H groups in total. The molecule has 70 valence electrons. The minimum atomic E-state index is -0.00850. The van der Waals surface area contributed by atoms with Crippen molar-refractivity contribution in [1.29, 1.82) is 0 Å². The maximum Gasteiger partial charge on any atom is 0.0454 e. The summed E-state index contributed by atoms with van der Waals surface area (Å²) in [4.78, 5) is 0. The molecule has 0 amide bonds. The van der Waals surface area contributed by atoms with Crippen LogP contribution < -0.4 is 0 Å². The molecule has 0 atom stereocenters. The SMILES string of the molecule is ClCCC[SiH2]C=Cc1ccccc1. The van der Waals surface area contributed by atoms with E-state index >= 15 is 0 Å². The summed E-state index contributed by atoms with van der Waals surface area (Å²) in [7, 11) is -0.00850. The van der Waals surface area contributed by atoms with Crippen LogP contribution in [-0.4, -0.2) is 15.4 Å². The van der Waals surface area contributed by atoms with Crippen LogP contribution in [0.3, 0.4) is 0 Å². The van der Waals surface area contributed by atoms with Crippen molar-refractivity contribution in [3.8, 4) is 0 Å². The van der Waals surface area contributed by atoms with Gasteiger partial charge in [0.15, 0.2) is 0 Å². The van der Waals surface area contributed by atoms with Gasteiger partial charge in [-0.1, -0.05) is 42.5 Å². The molecule has 0 spiro atoms. The van der Waals surface area contributed by atoms with E-state index in [4.69, 9.17) is 11.6 Å². The van der Waals surface area contributed by atoms with Gasteiger partial charge in [-0.15, -0.1) is 17.3 Å². The molecule has 0 saturated carbocycles. The Balaban J connectivity index is 2.25. The number of hydrogen-bond donors (Lipinski definition) is 0. The van der Waals surface area contributed by atoms with Crippen LogP contribution in [0.4, 0.5) is 0 Å². The van der Waals surface area contributed by atoms with Gasteiger partial charge in [0.25, 0.3) is 0 Å². The van der Waals surface area contributed by atoms with Gasteiger partial charge in [-0.05, 0) is 12.0 Å². The van der Waals surface area contributed by atoms with Crippen LogP contribution in [0.1, 0.15) is 12.0 Å². The van der Waals surface area contributed by atoms with Crippen molar-refractivity contribution in [2.45, 2.75) is 12.5 Å². The highest BCUT2D eigenvalue weighted by atomic mass is 35.5. The third-order valence-electron chi connectivity index (χ3n) is 1.86. The van der Waals surface area contributed by atoms with E-state index in [0.29, 0.717) is 0 Å². The van der Waals surface area contributed by atoms with E-state index in [-0.39, 0.29) is 9.52 Å². The Labute approximate surface area is 87.4 Å². The molecule has 0 bridgehead atoms. The lowest BCUT2D eigenvalue weighted by Crippen LogP contribution is -1.84. The lowest BCUT2D eigenvalue weighted by Gasteiger charge is -1.91. The summed E-state index contributed by atoms with van der Waals surface area (Å²) in [6, 6.07) is 11.8. The molecule has 0 radical (unpaired) electrons. The summed E-state index contributed by atoms with van der Waals surface area (Å²) in [5, 5.41) is 0. The zero-order valence-electron chi connectivity index (χ0n) is 7.75. The van der Waals surface area contributed by atoms with E-state index in [0.717, 1.165) is 5.88 Å². The van der Waals surface area contributed by atoms with Gasteiger partial charge in [0.2, 0.25) is 0 Å². The predicted octanol–water partition coefficient (Wildman–Crippen LogP) is 2.87. The average molecular weight is 211 g/mol. The largest absolute Gasteiger partial charge is 0.127 e. The van der Waals surface area contributed by atoms with Crippen molar-refractivity contribution in [2.24, 2.45) is 0 Å². The molecular weight excluding hydrogens is 196 g/mol. The van der Waals surface area contributed by atoms with Crippen molar-refractivity contribution in [3.05, 3.63) is 41.6 Å². The number of alkyl halides is 1. The molecule has 1 aromatic rings. The average Bonchev–Trinajstić information content (AvgIpc) is 2.19. The second-order valence-electron chi connectivity index (χ2n) is 3.00. The fourth-order valence-electron chi connectivity index (χ4n) is 1.14. The van der Waals surface area contributed by atoms with E-state index in [2.05, 4.69) is 36.0 Å². The summed E-state index contributed by atoms with van der Waals surface area (Å²) in [6.07, 6.45) is 3.40. The second-order valence-corrected chi connectivity index (χ2v) is 5.13. The third-order valence-corrected chi connectivity index (χ3v) is 3.61. The van der Waals surface area contributed by atoms with Crippen LogP contribution in [0.2, 0.25) is 6.04 Å². The monoisotopic (exact) mass is 210 g/mol. The van der Waals surface area contributed by atoms with Crippen LogP contribution in [0.15, 0.2) is 36.0 Å². The maximum atomic E-state index is 5.60. The lowest BCUT2D eigenvalue weighted by molar-refractivity contribution is 1.09. The normalized spacial score (nSPS) is 11.8. The Hall–Kier alpha value is -0.533. The van der Waals surface area contributed by atoms with Crippen LogP contribution >= 0.6 is 11.6 Å². The highest BCUT2D eigenvalue weighted by Crippen LogP contribution is 2.01. The molecule has 0 fully saturated rings. The van der Waals surface area contributed by atoms with Crippen LogP contribution in [0.5, 0.6) is 0 Å². The first-order valence-corrected chi connectivity index (χ1v) is 7.06. The summed E-state index contributed by atoms with van der Waals surface area (Å²) in [6.45, 7) is 0. The van der Waals surface area contributed by atoms with E-state index in [1.807, 2.05) is 6.07 Å². The third kappa shape index (κ3) is 4.91. The van der Waals surface area contributed by atoms with Gasteiger partial charge in [-0.25, -0.2) is 0 Å². The smallest absolute Gasteiger partial charge is 0.0454 e. The van der Waals surface area contributed by atoms with Gasteiger partial charge >= 0.3 is 0 Å². The first-order chi connectivity index (χ1) is 6.43. The molecular formula is C11H15ClSi. The first-order valence-electron chi connectivity index (χ1n) is 4.71. The van der Waals surface area contributed by atoms with Crippen LogP contribution in [0, 0.1) is 0 Å². The summed E-state index contributed by atoms with van der Waals surface area (Å²) < 4.78 is 0. The molecule has 0 aromatic heterocycles. The van der Waals surface area contributed by atoms with Gasteiger partial charge < -0.3 is 0 Å². The minimum absolute atomic E-state index is 0.00850. The topological polar surface area (TPSA) is 0 Å². The molecule has 0 nitrogen and oxygen atoms in total. The van der Waals surface area contributed by atoms with E-state index < -0.39 is 0 Å². The number of benzene rings is 1. The number of hydrogen-bond acceptors (Lipinski definition) is 0. The minimum Gasteiger partial charge on any atom is -0.127 e. The van der Waals surface area contributed by atoms with E-state index in [1.54, 1.807) is 0 Å². The fourth-order valence-corrected chi connectivity index (χ4v) is 2.86. The predicted molar refractivity (Wildman–Crippen MR) is 64.2 cm³/mol. The Kier molecular flexibility index (Phi) is 5.62. The highest BCUT2D eigenvalue weighted by Gasteiger charge is 1.85. The molecule has 0 heterocycles. The Morgan fingerprint density at radius 3 is 2.69 bits per heavy atom. The summed E-state index contributed by atoms with van der Waals surface area (Å²) >= 11 is 5.60. The van der Waals surface area contributed by atoms with Gasteiger partial charge in [0.1, 0.15) is 0 Å². The molecule has 0 aliphatic rings. The summed E-state index contributed by atoms with van der Waals surface area (Å²) in [5.74, 6) is 0.812. The fraction of sp³-hybridized carbons (Fsp3) is 0.273. The quantitative estimate of drug-likeness (QED) is 0.398. The van der Waals surface area contributed by atoms with Crippen LogP contribution in [0.25, 0.3) is 6.08 Å². The van der Waals surface area contributed by atoms with Gasteiger partial charge in [-0.2, -0.15) is 0 Å². The van der Waals surface area contributed by atoms with Crippen molar-refractivity contribution in [3.63, 3.8) is 0 Å². The van der Waals surface area contributed by atoms with E-state index in [9.17, 15) is 0 Å². The molecule has 0 aliphatic heterocycles. The molecule has 2 heteroatoms. The van der Waals surface area contributed by atoms with Gasteiger partial charge in [0.05, 0.1) is 0 Å². The molecule has 13 heavy (non-hydrogen) atoms. The maximum absolute atomic E-state index is 5.60.